The number of hydrogen-bond acceptors (Lipinski definition) is 3. The molecule has 0 radical (unpaired) electrons. The van der Waals surface area contributed by atoms with Gasteiger partial charge in [-0.05, 0) is 37.8 Å². The van der Waals surface area contributed by atoms with Crippen LogP contribution in [0.2, 0.25) is 0 Å². The van der Waals surface area contributed by atoms with E-state index in [1.807, 2.05) is 19.1 Å². The van der Waals surface area contributed by atoms with Gasteiger partial charge in [0.1, 0.15) is 5.69 Å². The van der Waals surface area contributed by atoms with Gasteiger partial charge in [0, 0.05) is 19.3 Å². The molecule has 4 heteroatoms. The molecule has 0 aliphatic heterocycles. The Morgan fingerprint density at radius 3 is 2.82 bits per heavy atom. The molecule has 0 aromatic carbocycles. The van der Waals surface area contributed by atoms with E-state index >= 15 is 0 Å². The lowest BCUT2D eigenvalue weighted by Crippen LogP contribution is -2.39. The third kappa shape index (κ3) is 2.82. The number of pyridine rings is 1. The maximum atomic E-state index is 12.1. The predicted molar refractivity (Wildman–Crippen MR) is 64.7 cm³/mol. The molecule has 1 aliphatic rings. The van der Waals surface area contributed by atoms with Gasteiger partial charge >= 0.3 is 0 Å². The van der Waals surface area contributed by atoms with Crippen molar-refractivity contribution in [3.05, 3.63) is 29.6 Å². The van der Waals surface area contributed by atoms with Crippen LogP contribution in [-0.2, 0) is 0 Å². The van der Waals surface area contributed by atoms with Crippen molar-refractivity contribution in [2.45, 2.75) is 25.9 Å². The van der Waals surface area contributed by atoms with Crippen LogP contribution in [0, 0.1) is 12.8 Å². The number of aromatic nitrogens is 1. The SMILES string of the molecule is Cc1cccc(C(=O)N(C)CC2CC(O)C2)n1. The van der Waals surface area contributed by atoms with Crippen molar-refractivity contribution in [1.29, 1.82) is 0 Å². The highest BCUT2D eigenvalue weighted by Crippen LogP contribution is 2.27. The molecule has 1 fully saturated rings. The number of nitrogens with zero attached hydrogens (tertiary/aromatic N) is 2. The molecule has 0 unspecified atom stereocenters. The molecule has 1 aliphatic carbocycles. The van der Waals surface area contributed by atoms with Gasteiger partial charge in [0.2, 0.25) is 0 Å². The Morgan fingerprint density at radius 1 is 1.53 bits per heavy atom. The molecule has 1 aromatic heterocycles. The van der Waals surface area contributed by atoms with Gasteiger partial charge in [0.05, 0.1) is 6.10 Å². The lowest BCUT2D eigenvalue weighted by molar-refractivity contribution is 0.0264. The summed E-state index contributed by atoms with van der Waals surface area (Å²) in [5.41, 5.74) is 1.34. The molecule has 17 heavy (non-hydrogen) atoms. The summed E-state index contributed by atoms with van der Waals surface area (Å²) in [6.45, 7) is 2.57. The zero-order valence-electron chi connectivity index (χ0n) is 10.3. The van der Waals surface area contributed by atoms with E-state index in [-0.39, 0.29) is 12.0 Å². The number of amides is 1. The highest BCUT2D eigenvalue weighted by Gasteiger charge is 2.29. The largest absolute Gasteiger partial charge is 0.393 e. The topological polar surface area (TPSA) is 53.4 Å². The summed E-state index contributed by atoms with van der Waals surface area (Å²) in [4.78, 5) is 18.0. The zero-order valence-corrected chi connectivity index (χ0v) is 10.3. The van der Waals surface area contributed by atoms with Gasteiger partial charge in [-0.1, -0.05) is 6.07 Å². The Morgan fingerprint density at radius 2 is 2.24 bits per heavy atom. The van der Waals surface area contributed by atoms with E-state index in [1.54, 1.807) is 18.0 Å². The van der Waals surface area contributed by atoms with E-state index in [1.165, 1.54) is 0 Å². The van der Waals surface area contributed by atoms with Crippen molar-refractivity contribution in [3.8, 4) is 0 Å². The maximum Gasteiger partial charge on any atom is 0.272 e. The molecule has 92 valence electrons. The third-order valence-electron chi connectivity index (χ3n) is 3.20. The van der Waals surface area contributed by atoms with Crippen LogP contribution in [0.1, 0.15) is 29.0 Å². The first-order valence-electron chi connectivity index (χ1n) is 5.93. The number of aliphatic hydroxyl groups excluding tert-OH is 1. The first-order chi connectivity index (χ1) is 8.06. The van der Waals surface area contributed by atoms with E-state index in [0.717, 1.165) is 18.5 Å². The second-order valence-corrected chi connectivity index (χ2v) is 4.84. The summed E-state index contributed by atoms with van der Waals surface area (Å²) in [5, 5.41) is 9.21. The molecule has 4 nitrogen and oxygen atoms in total. The first-order valence-corrected chi connectivity index (χ1v) is 5.93. The lowest BCUT2D eigenvalue weighted by atomic mass is 9.82. The van der Waals surface area contributed by atoms with Gasteiger partial charge in [-0.3, -0.25) is 4.79 Å². The third-order valence-corrected chi connectivity index (χ3v) is 3.20. The fourth-order valence-corrected chi connectivity index (χ4v) is 2.18. The predicted octanol–water partition coefficient (Wildman–Crippen LogP) is 1.23. The standard InChI is InChI=1S/C13H18N2O2/c1-9-4-3-5-12(14-9)13(17)15(2)8-10-6-11(16)7-10/h3-5,10-11,16H,6-8H2,1-2H3. The Balaban J connectivity index is 1.95. The quantitative estimate of drug-likeness (QED) is 0.856. The van der Waals surface area contributed by atoms with Crippen molar-refractivity contribution < 1.29 is 9.90 Å². The fourth-order valence-electron chi connectivity index (χ4n) is 2.18. The van der Waals surface area contributed by atoms with Gasteiger partial charge in [0.15, 0.2) is 0 Å². The van der Waals surface area contributed by atoms with Crippen molar-refractivity contribution in [2.24, 2.45) is 5.92 Å². The average molecular weight is 234 g/mol. The van der Waals surface area contributed by atoms with Crippen molar-refractivity contribution in [1.82, 2.24) is 9.88 Å². The zero-order chi connectivity index (χ0) is 12.4. The molecule has 1 N–H and O–H groups in total. The Bertz CT molecular complexity index is 414. The number of carbonyl (C=O) groups is 1. The van der Waals surface area contributed by atoms with Crippen LogP contribution in [0.4, 0.5) is 0 Å². The summed E-state index contributed by atoms with van der Waals surface area (Å²) in [6, 6.07) is 5.46. The van der Waals surface area contributed by atoms with Crippen LogP contribution in [0.15, 0.2) is 18.2 Å². The smallest absolute Gasteiger partial charge is 0.272 e. The molecule has 0 atom stereocenters. The molecule has 0 saturated heterocycles. The molecular weight excluding hydrogens is 216 g/mol. The first kappa shape index (κ1) is 12.0. The molecule has 1 saturated carbocycles. The molecule has 0 spiro atoms. The van der Waals surface area contributed by atoms with Crippen LogP contribution in [0.5, 0.6) is 0 Å². The van der Waals surface area contributed by atoms with Crippen LogP contribution < -0.4 is 0 Å². The highest BCUT2D eigenvalue weighted by atomic mass is 16.3. The summed E-state index contributed by atoms with van der Waals surface area (Å²) in [7, 11) is 1.79. The summed E-state index contributed by atoms with van der Waals surface area (Å²) < 4.78 is 0. The molecule has 0 bridgehead atoms. The molecule has 1 heterocycles. The van der Waals surface area contributed by atoms with Crippen molar-refractivity contribution >= 4 is 5.91 Å². The van der Waals surface area contributed by atoms with E-state index in [2.05, 4.69) is 4.98 Å². The second kappa shape index (κ2) is 4.84. The number of aryl methyl sites for hydroxylation is 1. The highest BCUT2D eigenvalue weighted by molar-refractivity contribution is 5.92. The van der Waals surface area contributed by atoms with Gasteiger partial charge in [0.25, 0.3) is 5.91 Å². The maximum absolute atomic E-state index is 12.1. The molecule has 1 amide bonds. The van der Waals surface area contributed by atoms with Crippen molar-refractivity contribution in [3.63, 3.8) is 0 Å². The monoisotopic (exact) mass is 234 g/mol. The number of aliphatic hydroxyl groups is 1. The summed E-state index contributed by atoms with van der Waals surface area (Å²) >= 11 is 0. The van der Waals surface area contributed by atoms with E-state index in [4.69, 9.17) is 0 Å². The number of carbonyl (C=O) groups excluding carboxylic acids is 1. The molecule has 1 aromatic rings. The van der Waals surface area contributed by atoms with Gasteiger partial charge in [-0.15, -0.1) is 0 Å². The minimum Gasteiger partial charge on any atom is -0.393 e. The number of rotatable bonds is 3. The molecular formula is C13H18N2O2. The molecule has 2 rings (SSSR count). The normalized spacial score (nSPS) is 23.0. The van der Waals surface area contributed by atoms with E-state index in [9.17, 15) is 9.90 Å². The van der Waals surface area contributed by atoms with Gasteiger partial charge < -0.3 is 10.0 Å². The number of hydrogen-bond donors (Lipinski definition) is 1. The Kier molecular flexibility index (Phi) is 3.43. The second-order valence-electron chi connectivity index (χ2n) is 4.84. The minimum absolute atomic E-state index is 0.0462. The van der Waals surface area contributed by atoms with Crippen LogP contribution in [0.25, 0.3) is 0 Å². The minimum atomic E-state index is -0.166. The van der Waals surface area contributed by atoms with Gasteiger partial charge in [-0.2, -0.15) is 0 Å². The van der Waals surface area contributed by atoms with Crippen molar-refractivity contribution in [2.75, 3.05) is 13.6 Å². The van der Waals surface area contributed by atoms with Crippen LogP contribution in [-0.4, -0.2) is 40.6 Å². The Labute approximate surface area is 101 Å². The fraction of sp³-hybridized carbons (Fsp3) is 0.538. The average Bonchev–Trinajstić information content (AvgIpc) is 2.26. The lowest BCUT2D eigenvalue weighted by Gasteiger charge is -2.34. The van der Waals surface area contributed by atoms with Crippen LogP contribution >= 0.6 is 0 Å². The Hall–Kier alpha value is -1.42. The van der Waals surface area contributed by atoms with Gasteiger partial charge in [-0.25, -0.2) is 4.98 Å². The van der Waals surface area contributed by atoms with E-state index < -0.39 is 0 Å². The van der Waals surface area contributed by atoms with E-state index in [0.29, 0.717) is 18.2 Å². The summed E-state index contributed by atoms with van der Waals surface area (Å²) in [6.07, 6.45) is 1.44. The van der Waals surface area contributed by atoms with Crippen LogP contribution in [0.3, 0.4) is 0 Å². The summed E-state index contributed by atoms with van der Waals surface area (Å²) in [5.74, 6) is 0.388.